The van der Waals surface area contributed by atoms with Gasteiger partial charge < -0.3 is 4.90 Å². The van der Waals surface area contributed by atoms with Crippen molar-refractivity contribution in [1.82, 2.24) is 30.3 Å². The number of amides is 1. The Morgan fingerprint density at radius 3 is 2.68 bits per heavy atom. The third-order valence-corrected chi connectivity index (χ3v) is 5.50. The Morgan fingerprint density at radius 1 is 1.28 bits per heavy atom. The van der Waals surface area contributed by atoms with Gasteiger partial charge in [0.05, 0.1) is 0 Å². The average molecular weight is 342 g/mol. The van der Waals surface area contributed by atoms with Gasteiger partial charge in [-0.25, -0.2) is 4.98 Å². The predicted molar refractivity (Wildman–Crippen MR) is 93.3 cm³/mol. The van der Waals surface area contributed by atoms with E-state index in [4.69, 9.17) is 4.98 Å². The highest BCUT2D eigenvalue weighted by Gasteiger charge is 2.46. The monoisotopic (exact) mass is 342 g/mol. The summed E-state index contributed by atoms with van der Waals surface area (Å²) in [7, 11) is 0. The highest BCUT2D eigenvalue weighted by Crippen LogP contribution is 2.47. The van der Waals surface area contributed by atoms with Crippen molar-refractivity contribution in [2.45, 2.75) is 51.9 Å². The second-order valence-electron chi connectivity index (χ2n) is 7.68. The van der Waals surface area contributed by atoms with Gasteiger partial charge in [0.25, 0.3) is 5.91 Å². The van der Waals surface area contributed by atoms with Crippen LogP contribution in [0, 0.1) is 11.8 Å². The number of carbonyl (C=O) groups excluding carboxylic acids is 1. The number of nitrogens with one attached hydrogen (secondary N) is 2. The van der Waals surface area contributed by atoms with Crippen LogP contribution in [-0.2, 0) is 6.42 Å². The van der Waals surface area contributed by atoms with Crippen LogP contribution in [-0.4, -0.2) is 49.3 Å². The van der Waals surface area contributed by atoms with Gasteiger partial charge in [-0.3, -0.25) is 15.0 Å². The van der Waals surface area contributed by atoms with Crippen molar-refractivity contribution in [2.24, 2.45) is 11.8 Å². The third kappa shape index (κ3) is 3.07. The fraction of sp³-hybridized carbons (Fsp3) is 0.667. The van der Waals surface area contributed by atoms with Gasteiger partial charge in [0, 0.05) is 30.6 Å². The first-order chi connectivity index (χ1) is 12.1. The van der Waals surface area contributed by atoms with Crippen LogP contribution in [0.25, 0.3) is 0 Å². The quantitative estimate of drug-likeness (QED) is 0.873. The van der Waals surface area contributed by atoms with Crippen molar-refractivity contribution in [1.29, 1.82) is 0 Å². The molecule has 2 N–H and O–H groups in total. The molecule has 7 nitrogen and oxygen atoms in total. The Morgan fingerprint density at radius 2 is 2.08 bits per heavy atom. The third-order valence-electron chi connectivity index (χ3n) is 5.50. The molecule has 0 aromatic carbocycles. The molecule has 1 saturated heterocycles. The number of rotatable bonds is 5. The van der Waals surface area contributed by atoms with Gasteiger partial charge in [0.15, 0.2) is 5.82 Å². The first-order valence-corrected chi connectivity index (χ1v) is 9.32. The molecule has 25 heavy (non-hydrogen) atoms. The highest BCUT2D eigenvalue weighted by atomic mass is 16.2. The standard InChI is InChI=1S/C18H26N6O/c1-4-12-7-15(21-20-12)18(25)24-8-13(11-5-6-11)14(9-24)17-19-16(10(2)3)22-23-17/h7,10-11,13-14H,4-6,8-9H2,1-3H3,(H,20,21)(H,19,22,23)/t13-,14+/m1/s1. The van der Waals surface area contributed by atoms with E-state index in [1.165, 1.54) is 12.8 Å². The lowest BCUT2D eigenvalue weighted by Crippen LogP contribution is -2.29. The second kappa shape index (κ2) is 6.28. The summed E-state index contributed by atoms with van der Waals surface area (Å²) in [5.74, 6) is 3.55. The van der Waals surface area contributed by atoms with Gasteiger partial charge in [0.2, 0.25) is 0 Å². The number of hydrogen-bond acceptors (Lipinski definition) is 4. The fourth-order valence-corrected chi connectivity index (χ4v) is 3.81. The number of hydrogen-bond donors (Lipinski definition) is 2. The van der Waals surface area contributed by atoms with Gasteiger partial charge >= 0.3 is 0 Å². The normalized spacial score (nSPS) is 23.6. The van der Waals surface area contributed by atoms with Gasteiger partial charge in [0.1, 0.15) is 11.5 Å². The number of nitrogens with zero attached hydrogens (tertiary/aromatic N) is 4. The maximum Gasteiger partial charge on any atom is 0.274 e. The van der Waals surface area contributed by atoms with E-state index in [9.17, 15) is 4.79 Å². The molecule has 2 fully saturated rings. The molecule has 2 aliphatic rings. The Bertz CT molecular complexity index is 759. The van der Waals surface area contributed by atoms with E-state index in [2.05, 4.69) is 34.2 Å². The number of carbonyl (C=O) groups is 1. The van der Waals surface area contributed by atoms with Crippen LogP contribution in [0.2, 0.25) is 0 Å². The first-order valence-electron chi connectivity index (χ1n) is 9.32. The fourth-order valence-electron chi connectivity index (χ4n) is 3.81. The minimum atomic E-state index is 0.0210. The molecular formula is C18H26N6O. The van der Waals surface area contributed by atoms with Crippen LogP contribution in [0.3, 0.4) is 0 Å². The SMILES string of the molecule is CCc1cc(C(=O)N2C[C@H](c3nc(C(C)C)n[nH]3)[C@@H](C3CC3)C2)n[nH]1. The lowest BCUT2D eigenvalue weighted by atomic mass is 9.91. The van der Waals surface area contributed by atoms with Crippen molar-refractivity contribution < 1.29 is 4.79 Å². The lowest BCUT2D eigenvalue weighted by Gasteiger charge is -2.14. The summed E-state index contributed by atoms with van der Waals surface area (Å²) < 4.78 is 0. The van der Waals surface area contributed by atoms with E-state index in [0.29, 0.717) is 30.0 Å². The van der Waals surface area contributed by atoms with Crippen molar-refractivity contribution in [3.05, 3.63) is 29.1 Å². The smallest absolute Gasteiger partial charge is 0.274 e. The Balaban J connectivity index is 1.54. The summed E-state index contributed by atoms with van der Waals surface area (Å²) >= 11 is 0. The van der Waals surface area contributed by atoms with E-state index in [0.717, 1.165) is 30.3 Å². The van der Waals surface area contributed by atoms with E-state index < -0.39 is 0 Å². The molecule has 1 aliphatic heterocycles. The van der Waals surface area contributed by atoms with Crippen LogP contribution in [0.5, 0.6) is 0 Å². The number of aromatic nitrogens is 5. The molecule has 1 aliphatic carbocycles. The molecule has 0 bridgehead atoms. The van der Waals surface area contributed by atoms with Crippen molar-refractivity contribution in [2.75, 3.05) is 13.1 Å². The maximum atomic E-state index is 12.9. The molecule has 3 heterocycles. The number of aryl methyl sites for hydroxylation is 1. The molecule has 7 heteroatoms. The summed E-state index contributed by atoms with van der Waals surface area (Å²) in [6.45, 7) is 7.73. The second-order valence-corrected chi connectivity index (χ2v) is 7.68. The molecule has 2 aromatic rings. The van der Waals surface area contributed by atoms with E-state index in [1.54, 1.807) is 0 Å². The van der Waals surface area contributed by atoms with E-state index in [1.807, 2.05) is 17.9 Å². The molecule has 2 atom stereocenters. The zero-order chi connectivity index (χ0) is 17.6. The summed E-state index contributed by atoms with van der Waals surface area (Å²) in [5, 5.41) is 14.6. The molecule has 0 radical (unpaired) electrons. The molecule has 1 saturated carbocycles. The summed E-state index contributed by atoms with van der Waals surface area (Å²) in [6.07, 6.45) is 3.37. The number of likely N-dealkylation sites (tertiary alicyclic amines) is 1. The minimum absolute atomic E-state index is 0.0210. The van der Waals surface area contributed by atoms with Gasteiger partial charge in [-0.15, -0.1) is 0 Å². The Kier molecular flexibility index (Phi) is 4.09. The van der Waals surface area contributed by atoms with Crippen molar-refractivity contribution in [3.8, 4) is 0 Å². The van der Waals surface area contributed by atoms with Gasteiger partial charge in [-0.05, 0) is 37.2 Å². The highest BCUT2D eigenvalue weighted by molar-refractivity contribution is 5.92. The van der Waals surface area contributed by atoms with Crippen molar-refractivity contribution >= 4 is 5.91 Å². The van der Waals surface area contributed by atoms with Crippen LogP contribution >= 0.6 is 0 Å². The molecule has 0 spiro atoms. The molecule has 4 rings (SSSR count). The molecule has 2 aromatic heterocycles. The number of aromatic amines is 2. The predicted octanol–water partition coefficient (Wildman–Crippen LogP) is 2.48. The molecule has 1 amide bonds. The Hall–Kier alpha value is -2.18. The Labute approximate surface area is 147 Å². The average Bonchev–Trinajstić information content (AvgIpc) is 3.07. The lowest BCUT2D eigenvalue weighted by molar-refractivity contribution is 0.0779. The maximum absolute atomic E-state index is 12.9. The van der Waals surface area contributed by atoms with Crippen LogP contribution in [0.4, 0.5) is 0 Å². The van der Waals surface area contributed by atoms with Gasteiger partial charge in [-0.1, -0.05) is 20.8 Å². The zero-order valence-corrected chi connectivity index (χ0v) is 15.1. The van der Waals surface area contributed by atoms with E-state index in [-0.39, 0.29) is 11.8 Å². The van der Waals surface area contributed by atoms with E-state index >= 15 is 0 Å². The summed E-state index contributed by atoms with van der Waals surface area (Å²) in [5.41, 5.74) is 1.52. The van der Waals surface area contributed by atoms with Crippen LogP contribution in [0.15, 0.2) is 6.07 Å². The van der Waals surface area contributed by atoms with Gasteiger partial charge in [-0.2, -0.15) is 10.2 Å². The topological polar surface area (TPSA) is 90.6 Å². The molecular weight excluding hydrogens is 316 g/mol. The minimum Gasteiger partial charge on any atom is -0.336 e. The number of H-pyrrole nitrogens is 2. The van der Waals surface area contributed by atoms with Crippen molar-refractivity contribution in [3.63, 3.8) is 0 Å². The molecule has 134 valence electrons. The van der Waals surface area contributed by atoms with Crippen LogP contribution in [0.1, 0.15) is 73.3 Å². The molecule has 0 unspecified atom stereocenters. The summed E-state index contributed by atoms with van der Waals surface area (Å²) in [6, 6.07) is 1.87. The van der Waals surface area contributed by atoms with Crippen LogP contribution < -0.4 is 0 Å². The first kappa shape index (κ1) is 16.3. The zero-order valence-electron chi connectivity index (χ0n) is 15.1. The largest absolute Gasteiger partial charge is 0.336 e. The summed E-state index contributed by atoms with van der Waals surface area (Å²) in [4.78, 5) is 19.5.